The summed E-state index contributed by atoms with van der Waals surface area (Å²) in [5, 5.41) is 9.45. The first kappa shape index (κ1) is 25.5. The number of rotatable bonds is 7. The molecule has 0 spiro atoms. The van der Waals surface area contributed by atoms with Gasteiger partial charge in [-0.3, -0.25) is 9.59 Å². The second kappa shape index (κ2) is 11.1. The van der Waals surface area contributed by atoms with Crippen LogP contribution in [0.1, 0.15) is 35.6 Å². The van der Waals surface area contributed by atoms with Crippen LogP contribution in [0, 0.1) is 6.92 Å². The Kier molecular flexibility index (Phi) is 7.46. The summed E-state index contributed by atoms with van der Waals surface area (Å²) in [4.78, 5) is 30.0. The number of hydrogen-bond donors (Lipinski definition) is 1. The number of carbonyl (C=O) groups is 2. The van der Waals surface area contributed by atoms with Gasteiger partial charge < -0.3 is 14.8 Å². The summed E-state index contributed by atoms with van der Waals surface area (Å²) in [5.41, 5.74) is 4.80. The van der Waals surface area contributed by atoms with Crippen molar-refractivity contribution in [3.8, 4) is 11.5 Å². The molecule has 5 rings (SSSR count). The van der Waals surface area contributed by atoms with E-state index >= 15 is 0 Å². The van der Waals surface area contributed by atoms with E-state index in [2.05, 4.69) is 53.6 Å². The average Bonchev–Trinajstić information content (AvgIpc) is 3.53. The summed E-state index contributed by atoms with van der Waals surface area (Å²) < 4.78 is 10.5. The zero-order valence-electron chi connectivity index (χ0n) is 21.4. The molecule has 2 aliphatic rings. The third-order valence-electron chi connectivity index (χ3n) is 6.44. The lowest BCUT2D eigenvalue weighted by molar-refractivity contribution is -0.121. The minimum absolute atomic E-state index is 0.0107. The summed E-state index contributed by atoms with van der Waals surface area (Å²) in [7, 11) is 3.08. The van der Waals surface area contributed by atoms with Crippen molar-refractivity contribution in [3.63, 3.8) is 0 Å². The molecule has 0 unspecified atom stereocenters. The number of methoxy groups -OCH3 is 2. The van der Waals surface area contributed by atoms with Crippen molar-refractivity contribution >= 4 is 40.1 Å². The van der Waals surface area contributed by atoms with E-state index in [4.69, 9.17) is 14.6 Å². The number of amides is 2. The third-order valence-corrected chi connectivity index (χ3v) is 7.58. The molecule has 0 radical (unpaired) electrons. The Morgan fingerprint density at radius 1 is 1.03 bits per heavy atom. The van der Waals surface area contributed by atoms with Crippen LogP contribution in [0.25, 0.3) is 0 Å². The Bertz CT molecular complexity index is 1410. The molecule has 0 aliphatic carbocycles. The van der Waals surface area contributed by atoms with Crippen LogP contribution in [0.2, 0.25) is 0 Å². The number of nitrogens with zero attached hydrogens (tertiary/aromatic N) is 3. The Morgan fingerprint density at radius 3 is 2.47 bits per heavy atom. The van der Waals surface area contributed by atoms with E-state index < -0.39 is 5.25 Å². The molecule has 0 aromatic heterocycles. The van der Waals surface area contributed by atoms with E-state index in [1.54, 1.807) is 25.3 Å². The Morgan fingerprint density at radius 2 is 1.76 bits per heavy atom. The molecule has 3 aromatic rings. The van der Waals surface area contributed by atoms with Gasteiger partial charge in [0.15, 0.2) is 16.7 Å². The van der Waals surface area contributed by atoms with E-state index in [0.29, 0.717) is 28.8 Å². The van der Waals surface area contributed by atoms with Crippen LogP contribution in [0.3, 0.4) is 0 Å². The Labute approximate surface area is 225 Å². The largest absolute Gasteiger partial charge is 0.493 e. The lowest BCUT2D eigenvalue weighted by Gasteiger charge is -2.23. The van der Waals surface area contributed by atoms with Crippen LogP contribution in [0.5, 0.6) is 11.5 Å². The predicted octanol–water partition coefficient (Wildman–Crippen LogP) is 5.19. The summed E-state index contributed by atoms with van der Waals surface area (Å²) in [6.07, 6.45) is 0.675. The number of nitrogens with one attached hydrogen (secondary N) is 1. The van der Waals surface area contributed by atoms with Gasteiger partial charge in [-0.05, 0) is 30.2 Å². The van der Waals surface area contributed by atoms with Crippen molar-refractivity contribution in [2.24, 2.45) is 10.1 Å². The molecule has 8 nitrogen and oxygen atoms in total. The number of carbonyl (C=O) groups excluding carboxylic acids is 2. The quantitative estimate of drug-likeness (QED) is 0.454. The molecule has 0 fully saturated rings. The van der Waals surface area contributed by atoms with Crippen molar-refractivity contribution < 1.29 is 19.1 Å². The van der Waals surface area contributed by atoms with Gasteiger partial charge in [0.2, 0.25) is 5.91 Å². The third kappa shape index (κ3) is 5.43. The summed E-state index contributed by atoms with van der Waals surface area (Å²) in [6, 6.07) is 23.4. The Balaban J connectivity index is 1.31. The van der Waals surface area contributed by atoms with Gasteiger partial charge in [-0.25, -0.2) is 5.01 Å². The molecule has 194 valence electrons. The van der Waals surface area contributed by atoms with Crippen LogP contribution in [-0.4, -0.2) is 47.2 Å². The maximum Gasteiger partial charge on any atom is 0.262 e. The standard InChI is InChI=1S/C29H28N4O4S/c1-18-9-11-19(12-10-18)22-16-23(20-7-5-4-6-8-20)33(32-22)29-31-28(35)26(38-29)17-27(34)30-21-13-14-24(36-2)25(15-21)37-3/h4-15,23,26H,16-17H2,1-3H3,(H,30,34)/t23-,26-/m0/s1. The van der Waals surface area contributed by atoms with Gasteiger partial charge in [0.25, 0.3) is 5.91 Å². The van der Waals surface area contributed by atoms with E-state index in [9.17, 15) is 9.59 Å². The molecule has 0 bridgehead atoms. The normalized spacial score (nSPS) is 18.7. The number of thioether (sulfide) groups is 1. The monoisotopic (exact) mass is 528 g/mol. The number of aliphatic imine (C=N–C) groups is 1. The van der Waals surface area contributed by atoms with Crippen LogP contribution in [0.4, 0.5) is 5.69 Å². The molecule has 2 heterocycles. The maximum absolute atomic E-state index is 12.8. The number of hydrazone groups is 1. The maximum atomic E-state index is 12.8. The van der Waals surface area contributed by atoms with Crippen molar-refractivity contribution in [2.45, 2.75) is 31.1 Å². The molecule has 2 atom stereocenters. The molecule has 9 heteroatoms. The fourth-order valence-corrected chi connectivity index (χ4v) is 5.50. The number of amidine groups is 1. The molecule has 1 N–H and O–H groups in total. The van der Waals surface area contributed by atoms with Gasteiger partial charge in [0, 0.05) is 24.6 Å². The minimum atomic E-state index is -0.625. The number of anilines is 1. The summed E-state index contributed by atoms with van der Waals surface area (Å²) in [6.45, 7) is 2.05. The molecule has 0 saturated carbocycles. The fraction of sp³-hybridized carbons (Fsp3) is 0.241. The second-order valence-electron chi connectivity index (χ2n) is 9.05. The molecular weight excluding hydrogens is 500 g/mol. The average molecular weight is 529 g/mol. The van der Waals surface area contributed by atoms with Crippen LogP contribution >= 0.6 is 11.8 Å². The van der Waals surface area contributed by atoms with Crippen LogP contribution < -0.4 is 14.8 Å². The fourth-order valence-electron chi connectivity index (χ4n) is 4.44. The van der Waals surface area contributed by atoms with Gasteiger partial charge in [-0.2, -0.15) is 10.1 Å². The number of ether oxygens (including phenoxy) is 2. The summed E-state index contributed by atoms with van der Waals surface area (Å²) >= 11 is 1.28. The highest BCUT2D eigenvalue weighted by atomic mass is 32.2. The first-order valence-electron chi connectivity index (χ1n) is 12.2. The number of hydrogen-bond acceptors (Lipinski definition) is 7. The molecule has 2 amide bonds. The zero-order chi connectivity index (χ0) is 26.6. The minimum Gasteiger partial charge on any atom is -0.493 e. The predicted molar refractivity (Wildman–Crippen MR) is 150 cm³/mol. The SMILES string of the molecule is COc1ccc(NC(=O)C[C@@H]2SC(N3N=C(c4ccc(C)cc4)C[C@H]3c3ccccc3)=NC2=O)cc1OC. The molecule has 0 saturated heterocycles. The lowest BCUT2D eigenvalue weighted by Crippen LogP contribution is -2.25. The van der Waals surface area contributed by atoms with Gasteiger partial charge in [-0.15, -0.1) is 0 Å². The molecule has 38 heavy (non-hydrogen) atoms. The highest BCUT2D eigenvalue weighted by molar-refractivity contribution is 8.15. The van der Waals surface area contributed by atoms with Crippen LogP contribution in [-0.2, 0) is 9.59 Å². The first-order valence-corrected chi connectivity index (χ1v) is 13.1. The Hall–Kier alpha value is -4.11. The van der Waals surface area contributed by atoms with Gasteiger partial charge in [-0.1, -0.05) is 71.9 Å². The van der Waals surface area contributed by atoms with Crippen molar-refractivity contribution in [1.29, 1.82) is 0 Å². The van der Waals surface area contributed by atoms with E-state index in [-0.39, 0.29) is 24.3 Å². The van der Waals surface area contributed by atoms with Gasteiger partial charge in [0.05, 0.1) is 26.0 Å². The van der Waals surface area contributed by atoms with Crippen LogP contribution in [0.15, 0.2) is 82.9 Å². The second-order valence-corrected chi connectivity index (χ2v) is 10.2. The van der Waals surface area contributed by atoms with Crippen molar-refractivity contribution in [3.05, 3.63) is 89.5 Å². The molecule has 2 aliphatic heterocycles. The van der Waals surface area contributed by atoms with E-state index in [0.717, 1.165) is 16.8 Å². The van der Waals surface area contributed by atoms with Crippen molar-refractivity contribution in [2.75, 3.05) is 19.5 Å². The number of benzene rings is 3. The summed E-state index contributed by atoms with van der Waals surface area (Å²) in [5.74, 6) is 0.447. The van der Waals surface area contributed by atoms with E-state index in [1.807, 2.05) is 23.2 Å². The smallest absolute Gasteiger partial charge is 0.262 e. The lowest BCUT2D eigenvalue weighted by atomic mass is 9.98. The highest BCUT2D eigenvalue weighted by Gasteiger charge is 2.39. The van der Waals surface area contributed by atoms with E-state index in [1.165, 1.54) is 24.4 Å². The van der Waals surface area contributed by atoms with Gasteiger partial charge >= 0.3 is 0 Å². The highest BCUT2D eigenvalue weighted by Crippen LogP contribution is 2.38. The van der Waals surface area contributed by atoms with Gasteiger partial charge in [0.1, 0.15) is 5.25 Å². The number of aryl methyl sites for hydroxylation is 1. The first-order chi connectivity index (χ1) is 18.4. The zero-order valence-corrected chi connectivity index (χ0v) is 22.2. The van der Waals surface area contributed by atoms with Crippen molar-refractivity contribution in [1.82, 2.24) is 5.01 Å². The molecular formula is C29H28N4O4S. The topological polar surface area (TPSA) is 92.6 Å². The molecule has 3 aromatic carbocycles.